The van der Waals surface area contributed by atoms with E-state index in [-0.39, 0.29) is 18.4 Å². The number of carbonyl (C=O) groups excluding carboxylic acids is 2. The van der Waals surface area contributed by atoms with Crippen LogP contribution in [-0.2, 0) is 9.59 Å². The van der Waals surface area contributed by atoms with Gasteiger partial charge in [0.15, 0.2) is 0 Å². The molecule has 0 saturated heterocycles. The quantitative estimate of drug-likeness (QED) is 0.694. The number of carbonyl (C=O) groups is 2. The van der Waals surface area contributed by atoms with Gasteiger partial charge in [-0.3, -0.25) is 9.59 Å². The Morgan fingerprint density at radius 2 is 1.57 bits per heavy atom. The molecule has 0 saturated carbocycles. The van der Waals surface area contributed by atoms with Crippen LogP contribution < -0.4 is 15.5 Å². The zero-order valence-corrected chi connectivity index (χ0v) is 16.6. The smallest absolute Gasteiger partial charge is 0.272 e. The Labute approximate surface area is 175 Å². The van der Waals surface area contributed by atoms with Crippen LogP contribution in [0.25, 0.3) is 0 Å². The molecule has 0 aromatic heterocycles. The van der Waals surface area contributed by atoms with Crippen molar-refractivity contribution in [1.82, 2.24) is 5.32 Å². The summed E-state index contributed by atoms with van der Waals surface area (Å²) in [6.45, 7) is 0.0423. The highest BCUT2D eigenvalue weighted by Crippen LogP contribution is 2.27. The zero-order chi connectivity index (χ0) is 20.9. The molecule has 0 fully saturated rings. The number of likely N-dealkylation sites (N-methyl/N-ethyl adjacent to an activating group) is 1. The average Bonchev–Trinajstić information content (AvgIpc) is 2.90. The fourth-order valence-corrected chi connectivity index (χ4v) is 3.38. The van der Waals surface area contributed by atoms with Gasteiger partial charge in [0.1, 0.15) is 0 Å². The summed E-state index contributed by atoms with van der Waals surface area (Å²) >= 11 is 0. The first kappa shape index (κ1) is 19.4. The number of nitrogens with one attached hydrogen (secondary N) is 2. The van der Waals surface area contributed by atoms with E-state index in [1.807, 2.05) is 84.9 Å². The van der Waals surface area contributed by atoms with Gasteiger partial charge in [-0.15, -0.1) is 0 Å². The molecule has 2 amide bonds. The first-order chi connectivity index (χ1) is 14.6. The lowest BCUT2D eigenvalue weighted by atomic mass is 10.0. The molecule has 1 heterocycles. The second-order valence-corrected chi connectivity index (χ2v) is 6.95. The molecule has 6 nitrogen and oxygen atoms in total. The lowest BCUT2D eigenvalue weighted by molar-refractivity contribution is -0.126. The van der Waals surface area contributed by atoms with Crippen LogP contribution in [0, 0.1) is 0 Å². The van der Waals surface area contributed by atoms with E-state index in [1.165, 1.54) is 0 Å². The molecule has 0 aliphatic carbocycles. The van der Waals surface area contributed by atoms with E-state index in [4.69, 9.17) is 0 Å². The lowest BCUT2D eigenvalue weighted by Gasteiger charge is -2.21. The lowest BCUT2D eigenvalue weighted by Crippen LogP contribution is -2.47. The summed E-state index contributed by atoms with van der Waals surface area (Å²) in [5.41, 5.74) is 3.99. The summed E-state index contributed by atoms with van der Waals surface area (Å²) in [5.74, 6) is -0.603. The number of amides is 2. The van der Waals surface area contributed by atoms with Crippen LogP contribution in [0.15, 0.2) is 89.9 Å². The Morgan fingerprint density at radius 3 is 2.30 bits per heavy atom. The van der Waals surface area contributed by atoms with Crippen molar-refractivity contribution in [2.24, 2.45) is 4.99 Å². The summed E-state index contributed by atoms with van der Waals surface area (Å²) in [6, 6.07) is 26.7. The number of aliphatic imine (C=N–C) groups is 1. The predicted molar refractivity (Wildman–Crippen MR) is 119 cm³/mol. The van der Waals surface area contributed by atoms with Crippen LogP contribution in [-0.4, -0.2) is 37.3 Å². The molecular weight excluding hydrogens is 376 g/mol. The van der Waals surface area contributed by atoms with E-state index < -0.39 is 6.17 Å². The van der Waals surface area contributed by atoms with Crippen LogP contribution in [0.2, 0.25) is 0 Å². The maximum atomic E-state index is 13.1. The van der Waals surface area contributed by atoms with Crippen LogP contribution in [0.4, 0.5) is 11.4 Å². The molecule has 4 rings (SSSR count). The van der Waals surface area contributed by atoms with Gasteiger partial charge in [0.05, 0.1) is 17.9 Å². The molecule has 150 valence electrons. The van der Waals surface area contributed by atoms with Gasteiger partial charge >= 0.3 is 0 Å². The summed E-state index contributed by atoms with van der Waals surface area (Å²) < 4.78 is 0. The van der Waals surface area contributed by atoms with Crippen molar-refractivity contribution in [2.45, 2.75) is 6.17 Å². The van der Waals surface area contributed by atoms with Crippen molar-refractivity contribution >= 4 is 28.9 Å². The fraction of sp³-hybridized carbons (Fsp3) is 0.125. The third kappa shape index (κ3) is 4.07. The van der Waals surface area contributed by atoms with Crippen molar-refractivity contribution < 1.29 is 9.59 Å². The van der Waals surface area contributed by atoms with Crippen molar-refractivity contribution in [3.8, 4) is 0 Å². The molecule has 1 aliphatic rings. The molecule has 0 bridgehead atoms. The minimum Gasteiger partial charge on any atom is -0.376 e. The van der Waals surface area contributed by atoms with E-state index in [2.05, 4.69) is 15.6 Å². The maximum absolute atomic E-state index is 13.1. The van der Waals surface area contributed by atoms with Crippen LogP contribution in [0.5, 0.6) is 0 Å². The Hall–Kier alpha value is -3.93. The maximum Gasteiger partial charge on any atom is 0.272 e. The minimum atomic E-state index is -1.01. The number of nitrogens with zero attached hydrogens (tertiary/aromatic N) is 2. The Bertz CT molecular complexity index is 1080. The van der Waals surface area contributed by atoms with Gasteiger partial charge in [-0.2, -0.15) is 0 Å². The van der Waals surface area contributed by atoms with Crippen molar-refractivity contribution in [2.75, 3.05) is 23.8 Å². The van der Waals surface area contributed by atoms with Crippen molar-refractivity contribution in [3.63, 3.8) is 0 Å². The van der Waals surface area contributed by atoms with Crippen LogP contribution >= 0.6 is 0 Å². The van der Waals surface area contributed by atoms with Gasteiger partial charge in [0, 0.05) is 23.9 Å². The van der Waals surface area contributed by atoms with Crippen molar-refractivity contribution in [1.29, 1.82) is 0 Å². The highest BCUT2D eigenvalue weighted by atomic mass is 16.2. The summed E-state index contributed by atoms with van der Waals surface area (Å²) in [4.78, 5) is 31.9. The molecule has 0 radical (unpaired) electrons. The molecule has 30 heavy (non-hydrogen) atoms. The second kappa shape index (κ2) is 8.61. The SMILES string of the molecule is CN1C(=O)[C@H](NC(=O)CNc2ccccc2)N=C(c2ccccc2)c2ccccc21. The summed E-state index contributed by atoms with van der Waals surface area (Å²) in [6.07, 6.45) is -1.01. The Kier molecular flexibility index (Phi) is 5.57. The Balaban J connectivity index is 1.62. The summed E-state index contributed by atoms with van der Waals surface area (Å²) in [5, 5.41) is 5.81. The van der Waals surface area contributed by atoms with E-state index in [1.54, 1.807) is 11.9 Å². The van der Waals surface area contributed by atoms with Gasteiger partial charge in [0.2, 0.25) is 12.1 Å². The van der Waals surface area contributed by atoms with E-state index in [9.17, 15) is 9.59 Å². The van der Waals surface area contributed by atoms with E-state index in [0.717, 1.165) is 22.5 Å². The highest BCUT2D eigenvalue weighted by molar-refractivity contribution is 6.20. The van der Waals surface area contributed by atoms with E-state index in [0.29, 0.717) is 5.71 Å². The topological polar surface area (TPSA) is 73.8 Å². The number of hydrogen-bond acceptors (Lipinski definition) is 4. The largest absolute Gasteiger partial charge is 0.376 e. The number of fused-ring (bicyclic) bond motifs is 1. The molecule has 3 aromatic rings. The average molecular weight is 398 g/mol. The zero-order valence-electron chi connectivity index (χ0n) is 16.6. The normalized spacial score (nSPS) is 15.6. The monoisotopic (exact) mass is 398 g/mol. The second-order valence-electron chi connectivity index (χ2n) is 6.95. The van der Waals surface area contributed by atoms with Gasteiger partial charge in [-0.25, -0.2) is 4.99 Å². The van der Waals surface area contributed by atoms with Crippen LogP contribution in [0.3, 0.4) is 0 Å². The fourth-order valence-electron chi connectivity index (χ4n) is 3.38. The molecule has 1 aliphatic heterocycles. The third-order valence-corrected chi connectivity index (χ3v) is 4.92. The molecular formula is C24H22N4O2. The number of rotatable bonds is 5. The number of benzodiazepines with no additional fused rings is 1. The first-order valence-electron chi connectivity index (χ1n) is 9.72. The van der Waals surface area contributed by atoms with Gasteiger partial charge in [0.25, 0.3) is 5.91 Å². The minimum absolute atomic E-state index is 0.0423. The van der Waals surface area contributed by atoms with Crippen LogP contribution in [0.1, 0.15) is 11.1 Å². The molecule has 0 spiro atoms. The third-order valence-electron chi connectivity index (χ3n) is 4.92. The molecule has 0 unspecified atom stereocenters. The van der Waals surface area contributed by atoms with Gasteiger partial charge < -0.3 is 15.5 Å². The van der Waals surface area contributed by atoms with Gasteiger partial charge in [-0.05, 0) is 18.2 Å². The van der Waals surface area contributed by atoms with Crippen molar-refractivity contribution in [3.05, 3.63) is 96.1 Å². The predicted octanol–water partition coefficient (Wildman–Crippen LogP) is 3.05. The highest BCUT2D eigenvalue weighted by Gasteiger charge is 2.30. The Morgan fingerprint density at radius 1 is 0.933 bits per heavy atom. The number of anilines is 2. The molecule has 3 aromatic carbocycles. The number of benzene rings is 3. The molecule has 6 heteroatoms. The molecule has 1 atom stereocenters. The summed E-state index contributed by atoms with van der Waals surface area (Å²) in [7, 11) is 1.70. The number of hydrogen-bond donors (Lipinski definition) is 2. The number of para-hydroxylation sites is 2. The molecule has 2 N–H and O–H groups in total. The van der Waals surface area contributed by atoms with Gasteiger partial charge in [-0.1, -0.05) is 66.7 Å². The standard InChI is InChI=1S/C24H22N4O2/c1-28-20-15-9-8-14-19(20)22(17-10-4-2-5-11-17)27-23(24(28)30)26-21(29)16-25-18-12-6-3-7-13-18/h2-15,23,25H,16H2,1H3,(H,26,29)/t23-/m1/s1. The van der Waals surface area contributed by atoms with E-state index >= 15 is 0 Å². The first-order valence-corrected chi connectivity index (χ1v) is 9.72.